The van der Waals surface area contributed by atoms with Gasteiger partial charge in [-0.05, 0) is 63.4 Å². The van der Waals surface area contributed by atoms with Crippen LogP contribution in [-0.4, -0.2) is 35.0 Å². The summed E-state index contributed by atoms with van der Waals surface area (Å²) in [6, 6.07) is 7.15. The molecular formula is C17H26N2. The highest BCUT2D eigenvalue weighted by Crippen LogP contribution is 2.26. The van der Waals surface area contributed by atoms with Gasteiger partial charge in [0.1, 0.15) is 0 Å². The van der Waals surface area contributed by atoms with Crippen LogP contribution in [0.4, 0.5) is 0 Å². The zero-order valence-electron chi connectivity index (χ0n) is 12.6. The second kappa shape index (κ2) is 4.92. The molecule has 0 aliphatic carbocycles. The third kappa shape index (κ3) is 2.85. The van der Waals surface area contributed by atoms with Crippen LogP contribution in [-0.2, 0) is 19.5 Å². The van der Waals surface area contributed by atoms with Crippen molar-refractivity contribution in [2.24, 2.45) is 0 Å². The van der Waals surface area contributed by atoms with Crippen LogP contribution in [0.3, 0.4) is 0 Å². The number of rotatable bonds is 2. The zero-order valence-corrected chi connectivity index (χ0v) is 12.6. The van der Waals surface area contributed by atoms with Crippen molar-refractivity contribution in [2.45, 2.75) is 52.2 Å². The molecule has 0 radical (unpaired) electrons. The van der Waals surface area contributed by atoms with Gasteiger partial charge in [-0.1, -0.05) is 18.2 Å². The Morgan fingerprint density at radius 1 is 1.05 bits per heavy atom. The minimum atomic E-state index is 0.286. The molecule has 104 valence electrons. The molecule has 2 aliphatic rings. The van der Waals surface area contributed by atoms with Gasteiger partial charge in [0.25, 0.3) is 0 Å². The summed E-state index contributed by atoms with van der Waals surface area (Å²) >= 11 is 0. The Hall–Kier alpha value is -0.860. The molecule has 19 heavy (non-hydrogen) atoms. The SMILES string of the molecule is CC(C)(C)N1CCc2cc(CN3CCC3)ccc2C1. The fourth-order valence-electron chi connectivity index (χ4n) is 3.08. The highest BCUT2D eigenvalue weighted by atomic mass is 15.2. The second-order valence-electron chi connectivity index (χ2n) is 7.08. The molecule has 2 aliphatic heterocycles. The molecule has 0 bridgehead atoms. The number of nitrogens with zero attached hydrogens (tertiary/aromatic N) is 2. The Kier molecular flexibility index (Phi) is 3.40. The molecule has 0 aromatic heterocycles. The molecule has 3 rings (SSSR count). The van der Waals surface area contributed by atoms with Crippen molar-refractivity contribution in [1.82, 2.24) is 9.80 Å². The van der Waals surface area contributed by atoms with Crippen molar-refractivity contribution in [3.8, 4) is 0 Å². The topological polar surface area (TPSA) is 6.48 Å². The Balaban J connectivity index is 1.72. The van der Waals surface area contributed by atoms with Gasteiger partial charge in [-0.25, -0.2) is 0 Å². The molecule has 0 amide bonds. The van der Waals surface area contributed by atoms with Crippen LogP contribution < -0.4 is 0 Å². The third-order valence-electron chi connectivity index (χ3n) is 4.59. The van der Waals surface area contributed by atoms with Gasteiger partial charge in [-0.3, -0.25) is 9.80 Å². The van der Waals surface area contributed by atoms with E-state index in [1.54, 1.807) is 5.56 Å². The van der Waals surface area contributed by atoms with E-state index in [0.717, 1.165) is 13.1 Å². The van der Waals surface area contributed by atoms with Gasteiger partial charge in [0, 0.05) is 25.2 Å². The Morgan fingerprint density at radius 2 is 1.84 bits per heavy atom. The van der Waals surface area contributed by atoms with Crippen LogP contribution in [0, 0.1) is 0 Å². The first-order valence-electron chi connectivity index (χ1n) is 7.60. The molecule has 0 unspecified atom stereocenters. The fraction of sp³-hybridized carbons (Fsp3) is 0.647. The van der Waals surface area contributed by atoms with E-state index in [9.17, 15) is 0 Å². The Labute approximate surface area is 117 Å². The van der Waals surface area contributed by atoms with Crippen LogP contribution in [0.25, 0.3) is 0 Å². The van der Waals surface area contributed by atoms with E-state index in [4.69, 9.17) is 0 Å². The molecule has 0 saturated carbocycles. The molecule has 0 spiro atoms. The van der Waals surface area contributed by atoms with Crippen LogP contribution in [0.1, 0.15) is 43.9 Å². The van der Waals surface area contributed by atoms with E-state index in [2.05, 4.69) is 48.8 Å². The number of benzene rings is 1. The van der Waals surface area contributed by atoms with Crippen LogP contribution >= 0.6 is 0 Å². The van der Waals surface area contributed by atoms with Gasteiger partial charge in [0.15, 0.2) is 0 Å². The highest BCUT2D eigenvalue weighted by Gasteiger charge is 2.25. The molecule has 2 heterocycles. The van der Waals surface area contributed by atoms with Crippen LogP contribution in [0.5, 0.6) is 0 Å². The molecular weight excluding hydrogens is 232 g/mol. The summed E-state index contributed by atoms with van der Waals surface area (Å²) in [5, 5.41) is 0. The summed E-state index contributed by atoms with van der Waals surface area (Å²) in [6.07, 6.45) is 2.59. The predicted molar refractivity (Wildman–Crippen MR) is 80.2 cm³/mol. The normalized spacial score (nSPS) is 21.0. The second-order valence-corrected chi connectivity index (χ2v) is 7.08. The number of fused-ring (bicyclic) bond motifs is 1. The van der Waals surface area contributed by atoms with E-state index in [0.29, 0.717) is 0 Å². The molecule has 2 heteroatoms. The lowest BCUT2D eigenvalue weighted by Gasteiger charge is -2.39. The first-order chi connectivity index (χ1) is 9.02. The van der Waals surface area contributed by atoms with E-state index in [1.165, 1.54) is 43.6 Å². The Morgan fingerprint density at radius 3 is 2.47 bits per heavy atom. The fourth-order valence-corrected chi connectivity index (χ4v) is 3.08. The number of hydrogen-bond acceptors (Lipinski definition) is 2. The summed E-state index contributed by atoms with van der Waals surface area (Å²) in [6.45, 7) is 13.0. The molecule has 0 N–H and O–H groups in total. The lowest BCUT2D eigenvalue weighted by Crippen LogP contribution is -2.44. The van der Waals surface area contributed by atoms with Gasteiger partial charge in [-0.2, -0.15) is 0 Å². The summed E-state index contributed by atoms with van der Waals surface area (Å²) < 4.78 is 0. The molecule has 2 nitrogen and oxygen atoms in total. The van der Waals surface area contributed by atoms with Crippen molar-refractivity contribution in [2.75, 3.05) is 19.6 Å². The van der Waals surface area contributed by atoms with Crippen LogP contribution in [0.15, 0.2) is 18.2 Å². The highest BCUT2D eigenvalue weighted by molar-refractivity contribution is 5.34. The maximum atomic E-state index is 2.59. The van der Waals surface area contributed by atoms with Gasteiger partial charge >= 0.3 is 0 Å². The first kappa shape index (κ1) is 13.1. The average molecular weight is 258 g/mol. The number of hydrogen-bond donors (Lipinski definition) is 0. The molecule has 1 aromatic carbocycles. The van der Waals surface area contributed by atoms with Crippen molar-refractivity contribution in [1.29, 1.82) is 0 Å². The monoisotopic (exact) mass is 258 g/mol. The van der Waals surface area contributed by atoms with Crippen molar-refractivity contribution < 1.29 is 0 Å². The van der Waals surface area contributed by atoms with Gasteiger partial charge in [-0.15, -0.1) is 0 Å². The lowest BCUT2D eigenvalue weighted by molar-refractivity contribution is 0.120. The lowest BCUT2D eigenvalue weighted by atomic mass is 9.93. The van der Waals surface area contributed by atoms with Crippen molar-refractivity contribution in [3.63, 3.8) is 0 Å². The standard InChI is InChI=1S/C17H26N2/c1-17(2,3)19-10-7-15-11-14(5-6-16(15)13-19)12-18-8-4-9-18/h5-6,11H,4,7-10,12-13H2,1-3H3. The summed E-state index contributed by atoms with van der Waals surface area (Å²) in [7, 11) is 0. The van der Waals surface area contributed by atoms with Crippen LogP contribution in [0.2, 0.25) is 0 Å². The molecule has 1 fully saturated rings. The van der Waals surface area contributed by atoms with E-state index >= 15 is 0 Å². The average Bonchev–Trinajstić information content (AvgIpc) is 2.32. The zero-order chi connectivity index (χ0) is 13.5. The van der Waals surface area contributed by atoms with E-state index in [1.807, 2.05) is 0 Å². The molecule has 0 atom stereocenters. The van der Waals surface area contributed by atoms with Gasteiger partial charge < -0.3 is 0 Å². The van der Waals surface area contributed by atoms with Gasteiger partial charge in [0.05, 0.1) is 0 Å². The largest absolute Gasteiger partial charge is 0.299 e. The summed E-state index contributed by atoms with van der Waals surface area (Å²) in [4.78, 5) is 5.12. The van der Waals surface area contributed by atoms with E-state index in [-0.39, 0.29) is 5.54 Å². The molecule has 1 aromatic rings. The minimum absolute atomic E-state index is 0.286. The number of likely N-dealkylation sites (tertiary alicyclic amines) is 1. The first-order valence-corrected chi connectivity index (χ1v) is 7.60. The quantitative estimate of drug-likeness (QED) is 0.804. The minimum Gasteiger partial charge on any atom is -0.299 e. The van der Waals surface area contributed by atoms with Gasteiger partial charge in [0.2, 0.25) is 0 Å². The van der Waals surface area contributed by atoms with Crippen molar-refractivity contribution in [3.05, 3.63) is 34.9 Å². The summed E-state index contributed by atoms with van der Waals surface area (Å²) in [5.41, 5.74) is 4.91. The smallest absolute Gasteiger partial charge is 0.0241 e. The maximum Gasteiger partial charge on any atom is 0.0241 e. The van der Waals surface area contributed by atoms with E-state index < -0.39 is 0 Å². The van der Waals surface area contributed by atoms with Crippen molar-refractivity contribution >= 4 is 0 Å². The Bertz CT molecular complexity index is 455. The maximum absolute atomic E-state index is 2.59. The third-order valence-corrected chi connectivity index (χ3v) is 4.59. The predicted octanol–water partition coefficient (Wildman–Crippen LogP) is 3.05. The summed E-state index contributed by atoms with van der Waals surface area (Å²) in [5.74, 6) is 0. The molecule has 1 saturated heterocycles.